The van der Waals surface area contributed by atoms with Crippen LogP contribution in [0.4, 0.5) is 0 Å². The SMILES string of the molecule is COc1cc(OC)nc(Oc2cccnc2C(=O)OCC#CCOc2ccc(Cl)cc2Cl)n1. The van der Waals surface area contributed by atoms with Crippen LogP contribution in [-0.2, 0) is 4.74 Å². The van der Waals surface area contributed by atoms with Crippen molar-refractivity contribution in [3.8, 4) is 41.1 Å². The molecular weight excluding hydrogens is 473 g/mol. The van der Waals surface area contributed by atoms with Gasteiger partial charge in [-0.3, -0.25) is 0 Å². The third kappa shape index (κ3) is 6.87. The van der Waals surface area contributed by atoms with Crippen LogP contribution in [0.3, 0.4) is 0 Å². The van der Waals surface area contributed by atoms with Gasteiger partial charge >= 0.3 is 12.0 Å². The van der Waals surface area contributed by atoms with Crippen LogP contribution >= 0.6 is 23.2 Å². The fourth-order valence-electron chi connectivity index (χ4n) is 2.34. The molecule has 0 spiro atoms. The Morgan fingerprint density at radius 3 is 2.39 bits per heavy atom. The number of halogens is 2. The highest BCUT2D eigenvalue weighted by Gasteiger charge is 2.18. The van der Waals surface area contributed by atoms with E-state index in [-0.39, 0.29) is 42.4 Å². The summed E-state index contributed by atoms with van der Waals surface area (Å²) in [5.41, 5.74) is -0.0751. The lowest BCUT2D eigenvalue weighted by Gasteiger charge is -2.09. The quantitative estimate of drug-likeness (QED) is 0.339. The minimum Gasteiger partial charge on any atom is -0.481 e. The number of carbonyl (C=O) groups excluding carboxylic acids is 1. The van der Waals surface area contributed by atoms with E-state index in [1.54, 1.807) is 24.3 Å². The normalized spacial score (nSPS) is 9.94. The van der Waals surface area contributed by atoms with Crippen molar-refractivity contribution in [3.05, 3.63) is 58.3 Å². The number of hydrogen-bond acceptors (Lipinski definition) is 9. The van der Waals surface area contributed by atoms with Gasteiger partial charge in [-0.15, -0.1) is 0 Å². The highest BCUT2D eigenvalue weighted by atomic mass is 35.5. The van der Waals surface area contributed by atoms with Gasteiger partial charge in [-0.25, -0.2) is 9.78 Å². The van der Waals surface area contributed by atoms with E-state index < -0.39 is 5.97 Å². The molecule has 0 N–H and O–H groups in total. The summed E-state index contributed by atoms with van der Waals surface area (Å²) < 4.78 is 26.3. The fraction of sp³-hybridized carbons (Fsp3) is 0.182. The van der Waals surface area contributed by atoms with Gasteiger partial charge in [0.2, 0.25) is 11.8 Å². The molecule has 0 unspecified atom stereocenters. The number of methoxy groups -OCH3 is 2. The molecule has 0 atom stereocenters. The van der Waals surface area contributed by atoms with E-state index in [2.05, 4.69) is 26.8 Å². The van der Waals surface area contributed by atoms with Crippen LogP contribution in [0, 0.1) is 11.8 Å². The first-order valence-electron chi connectivity index (χ1n) is 9.30. The number of pyridine rings is 1. The third-order valence-corrected chi connectivity index (χ3v) is 4.37. The maximum atomic E-state index is 12.4. The van der Waals surface area contributed by atoms with Crippen molar-refractivity contribution in [2.75, 3.05) is 27.4 Å². The average molecular weight is 490 g/mol. The van der Waals surface area contributed by atoms with E-state index in [1.807, 2.05) is 0 Å². The molecule has 3 aromatic rings. The molecule has 170 valence electrons. The molecule has 3 rings (SSSR count). The number of ether oxygens (including phenoxy) is 5. The second-order valence-electron chi connectivity index (χ2n) is 5.98. The topological polar surface area (TPSA) is 102 Å². The molecule has 2 heterocycles. The zero-order valence-corrected chi connectivity index (χ0v) is 19.0. The number of rotatable bonds is 8. The summed E-state index contributed by atoms with van der Waals surface area (Å²) in [6, 6.07) is 9.34. The van der Waals surface area contributed by atoms with Crippen molar-refractivity contribution in [3.63, 3.8) is 0 Å². The Hall–Kier alpha value is -3.74. The first-order chi connectivity index (χ1) is 16.0. The molecule has 0 saturated carbocycles. The van der Waals surface area contributed by atoms with Gasteiger partial charge in [0.15, 0.2) is 18.1 Å². The lowest BCUT2D eigenvalue weighted by Crippen LogP contribution is -2.10. The van der Waals surface area contributed by atoms with Crippen LogP contribution in [0.5, 0.6) is 29.3 Å². The van der Waals surface area contributed by atoms with E-state index in [0.29, 0.717) is 15.8 Å². The second-order valence-corrected chi connectivity index (χ2v) is 6.82. The van der Waals surface area contributed by atoms with Crippen molar-refractivity contribution < 1.29 is 28.5 Å². The van der Waals surface area contributed by atoms with Crippen LogP contribution in [-0.4, -0.2) is 48.4 Å². The van der Waals surface area contributed by atoms with Gasteiger partial charge in [0, 0.05) is 11.2 Å². The minimum absolute atomic E-state index is 0.0475. The van der Waals surface area contributed by atoms with E-state index in [1.165, 1.54) is 32.5 Å². The molecule has 0 aliphatic heterocycles. The first kappa shape index (κ1) is 23.9. The monoisotopic (exact) mass is 489 g/mol. The van der Waals surface area contributed by atoms with Crippen LogP contribution in [0.25, 0.3) is 0 Å². The first-order valence-corrected chi connectivity index (χ1v) is 10.1. The summed E-state index contributed by atoms with van der Waals surface area (Å²) in [6.45, 7) is -0.137. The summed E-state index contributed by atoms with van der Waals surface area (Å²) in [4.78, 5) is 24.6. The molecule has 9 nitrogen and oxygen atoms in total. The third-order valence-electron chi connectivity index (χ3n) is 3.84. The van der Waals surface area contributed by atoms with Gasteiger partial charge in [0.25, 0.3) is 0 Å². The van der Waals surface area contributed by atoms with Crippen molar-refractivity contribution in [2.24, 2.45) is 0 Å². The van der Waals surface area contributed by atoms with Crippen LogP contribution in [0.1, 0.15) is 10.5 Å². The molecule has 1 aromatic carbocycles. The van der Waals surface area contributed by atoms with E-state index in [0.717, 1.165) is 0 Å². The Bertz CT molecular complexity index is 1170. The lowest BCUT2D eigenvalue weighted by atomic mass is 10.3. The van der Waals surface area contributed by atoms with Crippen LogP contribution in [0.15, 0.2) is 42.6 Å². The van der Waals surface area contributed by atoms with Gasteiger partial charge in [0.1, 0.15) is 12.4 Å². The maximum Gasteiger partial charge on any atom is 0.361 e. The van der Waals surface area contributed by atoms with Gasteiger partial charge < -0.3 is 23.7 Å². The molecular formula is C22H17Cl2N3O6. The van der Waals surface area contributed by atoms with Gasteiger partial charge in [0.05, 0.1) is 25.3 Å². The van der Waals surface area contributed by atoms with Crippen molar-refractivity contribution in [1.29, 1.82) is 0 Å². The number of benzene rings is 1. The van der Waals surface area contributed by atoms with E-state index in [9.17, 15) is 4.79 Å². The van der Waals surface area contributed by atoms with Crippen LogP contribution in [0.2, 0.25) is 10.0 Å². The smallest absolute Gasteiger partial charge is 0.361 e. The predicted molar refractivity (Wildman–Crippen MR) is 119 cm³/mol. The number of esters is 1. The summed E-state index contributed by atoms with van der Waals surface area (Å²) >= 11 is 11.9. The fourth-order valence-corrected chi connectivity index (χ4v) is 2.80. The van der Waals surface area contributed by atoms with Crippen molar-refractivity contribution >= 4 is 29.2 Å². The second kappa shape index (κ2) is 11.8. The molecule has 0 saturated heterocycles. The van der Waals surface area contributed by atoms with E-state index in [4.69, 9.17) is 46.9 Å². The number of nitrogens with zero attached hydrogens (tertiary/aromatic N) is 3. The molecule has 0 bridgehead atoms. The largest absolute Gasteiger partial charge is 0.481 e. The average Bonchev–Trinajstić information content (AvgIpc) is 2.82. The van der Waals surface area contributed by atoms with Crippen molar-refractivity contribution in [2.45, 2.75) is 0 Å². The van der Waals surface area contributed by atoms with Gasteiger partial charge in [-0.1, -0.05) is 35.0 Å². The highest BCUT2D eigenvalue weighted by Crippen LogP contribution is 2.27. The van der Waals surface area contributed by atoms with Crippen molar-refractivity contribution in [1.82, 2.24) is 15.0 Å². The Labute approximate surface area is 199 Å². The molecule has 0 fully saturated rings. The molecule has 33 heavy (non-hydrogen) atoms. The summed E-state index contributed by atoms with van der Waals surface area (Å²) in [6.07, 6.45) is 1.42. The Kier molecular flexibility index (Phi) is 8.52. The molecule has 0 radical (unpaired) electrons. The highest BCUT2D eigenvalue weighted by molar-refractivity contribution is 6.35. The molecule has 11 heteroatoms. The summed E-state index contributed by atoms with van der Waals surface area (Å²) in [5.74, 6) is 5.64. The Morgan fingerprint density at radius 2 is 1.70 bits per heavy atom. The van der Waals surface area contributed by atoms with Gasteiger partial charge in [-0.05, 0) is 30.3 Å². The zero-order chi connectivity index (χ0) is 23.6. The zero-order valence-electron chi connectivity index (χ0n) is 17.5. The Balaban J connectivity index is 1.59. The van der Waals surface area contributed by atoms with Gasteiger partial charge in [-0.2, -0.15) is 9.97 Å². The Morgan fingerprint density at radius 1 is 0.970 bits per heavy atom. The number of carbonyl (C=O) groups is 1. The summed E-state index contributed by atoms with van der Waals surface area (Å²) in [5, 5.41) is 0.872. The van der Waals surface area contributed by atoms with Crippen LogP contribution < -0.4 is 18.9 Å². The van der Waals surface area contributed by atoms with E-state index >= 15 is 0 Å². The summed E-state index contributed by atoms with van der Waals surface area (Å²) in [7, 11) is 2.88. The molecule has 2 aromatic heterocycles. The standard InChI is InChI=1S/C22H17Cl2N3O6/c1-29-18-13-19(30-2)27-22(26-18)33-17-6-5-9-25-20(17)21(28)32-11-4-3-10-31-16-8-7-14(23)12-15(16)24/h5-9,12-13H,10-11H2,1-2H3. The number of hydrogen-bond donors (Lipinski definition) is 0. The lowest BCUT2D eigenvalue weighted by molar-refractivity contribution is 0.0546. The maximum absolute atomic E-state index is 12.4. The molecule has 0 amide bonds. The number of aromatic nitrogens is 3. The molecule has 0 aliphatic carbocycles. The molecule has 0 aliphatic rings. The minimum atomic E-state index is -0.739. The predicted octanol–water partition coefficient (Wildman–Crippen LogP) is 4.23.